The Morgan fingerprint density at radius 1 is 1.27 bits per heavy atom. The van der Waals surface area contributed by atoms with Crippen molar-refractivity contribution in [2.24, 2.45) is 0 Å². The monoisotopic (exact) mass is 365 g/mol. The van der Waals surface area contributed by atoms with Gasteiger partial charge in [0.25, 0.3) is 5.91 Å². The number of H-pyrrole nitrogens is 1. The van der Waals surface area contributed by atoms with Crippen LogP contribution in [0.5, 0.6) is 0 Å². The highest BCUT2D eigenvalue weighted by Crippen LogP contribution is 2.22. The molecule has 26 heavy (non-hydrogen) atoms. The number of aromatic nitrogens is 5. The molecule has 0 fully saturated rings. The molecule has 4 N–H and O–H groups in total. The minimum absolute atomic E-state index is 0.0411. The van der Waals surface area contributed by atoms with Crippen molar-refractivity contribution in [1.29, 1.82) is 0 Å². The van der Waals surface area contributed by atoms with E-state index in [4.69, 9.17) is 5.73 Å². The van der Waals surface area contributed by atoms with E-state index in [1.54, 1.807) is 12.5 Å². The number of thiophene rings is 1. The molecule has 8 nitrogen and oxygen atoms in total. The molecule has 0 radical (unpaired) electrons. The first-order valence-electron chi connectivity index (χ1n) is 7.79. The predicted molar refractivity (Wildman–Crippen MR) is 101 cm³/mol. The van der Waals surface area contributed by atoms with Crippen molar-refractivity contribution in [3.8, 4) is 11.3 Å². The van der Waals surface area contributed by atoms with E-state index in [1.165, 1.54) is 11.3 Å². The van der Waals surface area contributed by atoms with E-state index in [2.05, 4.69) is 25.4 Å². The lowest BCUT2D eigenvalue weighted by Crippen LogP contribution is -2.16. The van der Waals surface area contributed by atoms with Crippen molar-refractivity contribution in [3.63, 3.8) is 0 Å². The zero-order chi connectivity index (χ0) is 18.1. The molecule has 0 aliphatic carbocycles. The lowest BCUT2D eigenvalue weighted by Gasteiger charge is -2.03. The van der Waals surface area contributed by atoms with Crippen molar-refractivity contribution in [3.05, 3.63) is 58.7 Å². The third-order valence-electron chi connectivity index (χ3n) is 3.83. The summed E-state index contributed by atoms with van der Waals surface area (Å²) in [5, 5.41) is 9.10. The maximum atomic E-state index is 12.5. The van der Waals surface area contributed by atoms with Gasteiger partial charge in [0.2, 0.25) is 11.9 Å². The van der Waals surface area contributed by atoms with Gasteiger partial charge in [-0.3, -0.25) is 4.79 Å². The van der Waals surface area contributed by atoms with Gasteiger partial charge < -0.3 is 16.0 Å². The molecule has 0 unspecified atom stereocenters. The predicted octanol–water partition coefficient (Wildman–Crippen LogP) is 3.05. The number of imidazole rings is 1. The van der Waals surface area contributed by atoms with E-state index < -0.39 is 0 Å². The third kappa shape index (κ3) is 2.95. The van der Waals surface area contributed by atoms with Crippen molar-refractivity contribution in [2.45, 2.75) is 6.92 Å². The first-order chi connectivity index (χ1) is 12.6. The fourth-order valence-corrected chi connectivity index (χ4v) is 3.34. The summed E-state index contributed by atoms with van der Waals surface area (Å²) >= 11 is 1.35. The van der Waals surface area contributed by atoms with Crippen LogP contribution in [0.25, 0.3) is 11.3 Å². The number of carbonyl (C=O) groups excluding carboxylic acids is 1. The maximum Gasteiger partial charge on any atom is 0.291 e. The number of hydrogen-bond donors (Lipinski definition) is 3. The van der Waals surface area contributed by atoms with Crippen LogP contribution in [0.15, 0.2) is 48.2 Å². The van der Waals surface area contributed by atoms with Gasteiger partial charge in [0.1, 0.15) is 0 Å². The number of nitrogens with one attached hydrogen (secondary N) is 2. The molecule has 3 heterocycles. The molecule has 0 aliphatic heterocycles. The topological polar surface area (TPSA) is 115 Å². The van der Waals surface area contributed by atoms with Crippen LogP contribution in [-0.2, 0) is 0 Å². The van der Waals surface area contributed by atoms with E-state index in [-0.39, 0.29) is 17.8 Å². The van der Waals surface area contributed by atoms with Gasteiger partial charge in [0.15, 0.2) is 0 Å². The summed E-state index contributed by atoms with van der Waals surface area (Å²) in [5.74, 6) is 0.0175. The Labute approximate surface area is 152 Å². The minimum atomic E-state index is -0.287. The molecule has 4 rings (SSSR count). The molecule has 130 valence electrons. The van der Waals surface area contributed by atoms with E-state index in [1.807, 2.05) is 42.6 Å². The van der Waals surface area contributed by atoms with Crippen molar-refractivity contribution in [1.82, 2.24) is 24.7 Å². The maximum absolute atomic E-state index is 12.5. The second-order valence-electron chi connectivity index (χ2n) is 5.61. The summed E-state index contributed by atoms with van der Waals surface area (Å²) in [6.07, 6.45) is 3.39. The van der Waals surface area contributed by atoms with Gasteiger partial charge in [-0.15, -0.1) is 16.4 Å². The summed E-state index contributed by atoms with van der Waals surface area (Å²) in [7, 11) is 0. The molecular weight excluding hydrogens is 350 g/mol. The highest BCUT2D eigenvalue weighted by molar-refractivity contribution is 7.12. The van der Waals surface area contributed by atoms with E-state index in [9.17, 15) is 4.79 Å². The fourth-order valence-electron chi connectivity index (χ4n) is 2.49. The lowest BCUT2D eigenvalue weighted by atomic mass is 10.1. The average molecular weight is 365 g/mol. The van der Waals surface area contributed by atoms with Crippen LogP contribution in [0, 0.1) is 6.92 Å². The van der Waals surface area contributed by atoms with Gasteiger partial charge in [-0.1, -0.05) is 12.1 Å². The van der Waals surface area contributed by atoms with Crippen LogP contribution < -0.4 is 11.1 Å². The molecule has 4 aromatic rings. The van der Waals surface area contributed by atoms with Gasteiger partial charge in [0.05, 0.1) is 23.1 Å². The number of rotatable bonds is 4. The Bertz CT molecular complexity index is 1050. The number of benzene rings is 1. The highest BCUT2D eigenvalue weighted by Gasteiger charge is 2.18. The average Bonchev–Trinajstić information content (AvgIpc) is 3.37. The summed E-state index contributed by atoms with van der Waals surface area (Å²) < 4.78 is 1.11. The Morgan fingerprint density at radius 2 is 2.08 bits per heavy atom. The highest BCUT2D eigenvalue weighted by atomic mass is 32.1. The zero-order valence-corrected chi connectivity index (χ0v) is 14.6. The fraction of sp³-hybridized carbons (Fsp3) is 0.0588. The van der Waals surface area contributed by atoms with Crippen LogP contribution >= 0.6 is 11.3 Å². The second-order valence-corrected chi connectivity index (χ2v) is 6.53. The Kier molecular flexibility index (Phi) is 3.98. The van der Waals surface area contributed by atoms with E-state index in [0.29, 0.717) is 4.88 Å². The van der Waals surface area contributed by atoms with Crippen LogP contribution in [0.1, 0.15) is 15.2 Å². The standard InChI is InChI=1S/C17H15N7OS/c1-10-6-7-26-14(10)15(25)24-16(18)22-17(23-24)21-12-4-2-11(3-5-12)13-8-19-9-20-13/h2-9H,1H3,(H,19,20)(H3,18,21,22,23). The smallest absolute Gasteiger partial charge is 0.291 e. The Hall–Kier alpha value is -3.46. The minimum Gasteiger partial charge on any atom is -0.368 e. The number of nitrogen functional groups attached to an aromatic ring is 1. The molecule has 0 amide bonds. The first-order valence-corrected chi connectivity index (χ1v) is 8.67. The molecular formula is C17H15N7OS. The number of nitrogens with zero attached hydrogens (tertiary/aromatic N) is 4. The van der Waals surface area contributed by atoms with Gasteiger partial charge >= 0.3 is 0 Å². The van der Waals surface area contributed by atoms with Crippen molar-refractivity contribution < 1.29 is 4.79 Å². The van der Waals surface area contributed by atoms with Gasteiger partial charge in [-0.2, -0.15) is 9.67 Å². The Balaban J connectivity index is 1.54. The molecule has 0 saturated carbocycles. The number of nitrogens with two attached hydrogens (primary N) is 1. The van der Waals surface area contributed by atoms with Gasteiger partial charge in [-0.05, 0) is 41.6 Å². The van der Waals surface area contributed by atoms with Crippen LogP contribution in [-0.4, -0.2) is 30.6 Å². The molecule has 0 atom stereocenters. The summed E-state index contributed by atoms with van der Waals surface area (Å²) in [6.45, 7) is 1.87. The molecule has 1 aromatic carbocycles. The van der Waals surface area contributed by atoms with E-state index in [0.717, 1.165) is 27.2 Å². The Morgan fingerprint density at radius 3 is 2.73 bits per heavy atom. The first kappa shape index (κ1) is 16.0. The van der Waals surface area contributed by atoms with E-state index >= 15 is 0 Å². The summed E-state index contributed by atoms with van der Waals surface area (Å²) in [6, 6.07) is 9.54. The van der Waals surface area contributed by atoms with Crippen molar-refractivity contribution >= 4 is 34.8 Å². The number of carbonyl (C=O) groups is 1. The van der Waals surface area contributed by atoms with Crippen LogP contribution in [0.3, 0.4) is 0 Å². The molecule has 0 aliphatic rings. The third-order valence-corrected chi connectivity index (χ3v) is 4.84. The largest absolute Gasteiger partial charge is 0.368 e. The second kappa shape index (κ2) is 6.45. The lowest BCUT2D eigenvalue weighted by molar-refractivity contribution is 0.0951. The van der Waals surface area contributed by atoms with Gasteiger partial charge in [-0.25, -0.2) is 4.98 Å². The zero-order valence-electron chi connectivity index (χ0n) is 13.8. The molecule has 9 heteroatoms. The molecule has 3 aromatic heterocycles. The normalized spacial score (nSPS) is 10.8. The molecule has 0 bridgehead atoms. The molecule has 0 saturated heterocycles. The van der Waals surface area contributed by atoms with Gasteiger partial charge in [0, 0.05) is 5.69 Å². The number of hydrogen-bond acceptors (Lipinski definition) is 7. The van der Waals surface area contributed by atoms with Crippen LogP contribution in [0.4, 0.5) is 17.6 Å². The summed E-state index contributed by atoms with van der Waals surface area (Å²) in [4.78, 5) is 24.3. The number of anilines is 3. The van der Waals surface area contributed by atoms with Crippen LogP contribution in [0.2, 0.25) is 0 Å². The SMILES string of the molecule is Cc1ccsc1C(=O)n1nc(Nc2ccc(-c3cnc[nH]3)cc2)nc1N. The summed E-state index contributed by atoms with van der Waals surface area (Å²) in [5.41, 5.74) is 9.47. The number of aryl methyl sites for hydroxylation is 1. The number of aromatic amines is 1. The van der Waals surface area contributed by atoms with Crippen molar-refractivity contribution in [2.75, 3.05) is 11.1 Å². The molecule has 0 spiro atoms. The quantitative estimate of drug-likeness (QED) is 0.512.